The Bertz CT molecular complexity index is 540. The van der Waals surface area contributed by atoms with Crippen LogP contribution in [0.5, 0.6) is 5.75 Å². The number of benzene rings is 1. The summed E-state index contributed by atoms with van der Waals surface area (Å²) in [5.74, 6) is 0.228. The molecule has 1 heterocycles. The van der Waals surface area contributed by atoms with E-state index in [1.165, 1.54) is 12.1 Å². The van der Waals surface area contributed by atoms with Crippen LogP contribution in [-0.2, 0) is 11.2 Å². The van der Waals surface area contributed by atoms with E-state index >= 15 is 0 Å². The zero-order valence-electron chi connectivity index (χ0n) is 11.0. The highest BCUT2D eigenvalue weighted by Gasteiger charge is 2.05. The Hall–Kier alpha value is -2.30. The molecule has 0 unspecified atom stereocenters. The molecule has 0 aliphatic rings. The first-order chi connectivity index (χ1) is 9.75. The summed E-state index contributed by atoms with van der Waals surface area (Å²) in [5.41, 5.74) is 0. The molecule has 0 aliphatic carbocycles. The SMILES string of the molecule is O=C(COc1ccccc1F)NCCCc1ccco1. The first-order valence-electron chi connectivity index (χ1n) is 6.42. The molecule has 0 atom stereocenters. The van der Waals surface area contributed by atoms with Crippen LogP contribution in [0.15, 0.2) is 47.1 Å². The maximum absolute atomic E-state index is 13.2. The van der Waals surface area contributed by atoms with Gasteiger partial charge < -0.3 is 14.5 Å². The summed E-state index contributed by atoms with van der Waals surface area (Å²) in [6, 6.07) is 9.71. The van der Waals surface area contributed by atoms with Crippen molar-refractivity contribution in [2.45, 2.75) is 12.8 Å². The lowest BCUT2D eigenvalue weighted by molar-refractivity contribution is -0.123. The van der Waals surface area contributed by atoms with E-state index in [9.17, 15) is 9.18 Å². The Morgan fingerprint density at radius 1 is 1.25 bits per heavy atom. The monoisotopic (exact) mass is 277 g/mol. The second-order valence-corrected chi connectivity index (χ2v) is 4.25. The van der Waals surface area contributed by atoms with E-state index in [1.807, 2.05) is 12.1 Å². The van der Waals surface area contributed by atoms with Crippen molar-refractivity contribution in [2.75, 3.05) is 13.2 Å². The molecular weight excluding hydrogens is 261 g/mol. The van der Waals surface area contributed by atoms with Crippen LogP contribution in [0, 0.1) is 5.82 Å². The van der Waals surface area contributed by atoms with Gasteiger partial charge in [-0.05, 0) is 30.7 Å². The summed E-state index contributed by atoms with van der Waals surface area (Å²) in [5, 5.41) is 2.71. The van der Waals surface area contributed by atoms with Crippen LogP contribution in [0.1, 0.15) is 12.2 Å². The average molecular weight is 277 g/mol. The summed E-state index contributed by atoms with van der Waals surface area (Å²) >= 11 is 0. The fourth-order valence-corrected chi connectivity index (χ4v) is 1.70. The van der Waals surface area contributed by atoms with E-state index in [0.29, 0.717) is 6.54 Å². The van der Waals surface area contributed by atoms with Gasteiger partial charge in [-0.2, -0.15) is 0 Å². The number of furan rings is 1. The van der Waals surface area contributed by atoms with Gasteiger partial charge in [0.15, 0.2) is 18.2 Å². The van der Waals surface area contributed by atoms with Gasteiger partial charge in [-0.1, -0.05) is 12.1 Å². The molecule has 1 aromatic carbocycles. The number of aryl methyl sites for hydroxylation is 1. The highest BCUT2D eigenvalue weighted by atomic mass is 19.1. The van der Waals surface area contributed by atoms with Crippen molar-refractivity contribution in [3.05, 3.63) is 54.2 Å². The van der Waals surface area contributed by atoms with Gasteiger partial charge >= 0.3 is 0 Å². The first kappa shape index (κ1) is 14.1. The van der Waals surface area contributed by atoms with E-state index in [0.717, 1.165) is 18.6 Å². The quantitative estimate of drug-likeness (QED) is 0.791. The maximum Gasteiger partial charge on any atom is 0.257 e. The van der Waals surface area contributed by atoms with E-state index in [4.69, 9.17) is 9.15 Å². The third-order valence-corrected chi connectivity index (χ3v) is 2.70. The number of carbonyl (C=O) groups is 1. The molecule has 20 heavy (non-hydrogen) atoms. The number of amides is 1. The third kappa shape index (κ3) is 4.42. The molecule has 0 saturated heterocycles. The van der Waals surface area contributed by atoms with Crippen LogP contribution < -0.4 is 10.1 Å². The number of halogens is 1. The maximum atomic E-state index is 13.2. The van der Waals surface area contributed by atoms with E-state index in [2.05, 4.69) is 5.32 Å². The molecule has 0 radical (unpaired) electrons. The summed E-state index contributed by atoms with van der Waals surface area (Å²) < 4.78 is 23.5. The minimum absolute atomic E-state index is 0.0817. The fourth-order valence-electron chi connectivity index (χ4n) is 1.70. The van der Waals surface area contributed by atoms with Gasteiger partial charge in [-0.3, -0.25) is 4.79 Å². The predicted octanol–water partition coefficient (Wildman–Crippen LogP) is 2.55. The molecule has 0 aliphatic heterocycles. The van der Waals surface area contributed by atoms with Crippen LogP contribution >= 0.6 is 0 Å². The van der Waals surface area contributed by atoms with Crippen molar-refractivity contribution in [3.63, 3.8) is 0 Å². The molecule has 0 saturated carbocycles. The Labute approximate surface area is 116 Å². The lowest BCUT2D eigenvalue weighted by atomic mass is 10.2. The zero-order valence-corrected chi connectivity index (χ0v) is 11.0. The van der Waals surface area contributed by atoms with Crippen molar-refractivity contribution < 1.29 is 18.3 Å². The normalized spacial score (nSPS) is 10.2. The number of ether oxygens (including phenoxy) is 1. The van der Waals surface area contributed by atoms with E-state index in [-0.39, 0.29) is 18.3 Å². The molecule has 2 aromatic rings. The van der Waals surface area contributed by atoms with Gasteiger partial charge in [0.2, 0.25) is 0 Å². The van der Waals surface area contributed by atoms with Crippen molar-refractivity contribution in [3.8, 4) is 5.75 Å². The number of hydrogen-bond acceptors (Lipinski definition) is 3. The lowest BCUT2D eigenvalue weighted by Gasteiger charge is -2.07. The summed E-state index contributed by atoms with van der Waals surface area (Å²) in [6.45, 7) is 0.335. The number of rotatable bonds is 7. The van der Waals surface area contributed by atoms with Crippen molar-refractivity contribution in [2.24, 2.45) is 0 Å². The molecule has 1 aromatic heterocycles. The molecule has 5 heteroatoms. The smallest absolute Gasteiger partial charge is 0.257 e. The molecule has 2 rings (SSSR count). The Balaban J connectivity index is 1.62. The van der Waals surface area contributed by atoms with Crippen LogP contribution in [0.3, 0.4) is 0 Å². The number of nitrogens with one attached hydrogen (secondary N) is 1. The van der Waals surface area contributed by atoms with Crippen LogP contribution in [0.4, 0.5) is 4.39 Å². The molecule has 106 valence electrons. The Morgan fingerprint density at radius 2 is 2.10 bits per heavy atom. The van der Waals surface area contributed by atoms with Gasteiger partial charge in [-0.15, -0.1) is 0 Å². The minimum atomic E-state index is -0.474. The van der Waals surface area contributed by atoms with E-state index < -0.39 is 5.82 Å². The van der Waals surface area contributed by atoms with Crippen molar-refractivity contribution in [1.82, 2.24) is 5.32 Å². The largest absolute Gasteiger partial charge is 0.481 e. The molecule has 0 bridgehead atoms. The van der Waals surface area contributed by atoms with Crippen molar-refractivity contribution >= 4 is 5.91 Å². The molecule has 1 amide bonds. The molecule has 1 N–H and O–H groups in total. The number of para-hydroxylation sites is 1. The summed E-state index contributed by atoms with van der Waals surface area (Å²) in [4.78, 5) is 11.5. The van der Waals surface area contributed by atoms with Gasteiger partial charge in [0.25, 0.3) is 5.91 Å². The topological polar surface area (TPSA) is 51.5 Å². The molecule has 0 fully saturated rings. The Morgan fingerprint density at radius 3 is 2.85 bits per heavy atom. The minimum Gasteiger partial charge on any atom is -0.481 e. The highest BCUT2D eigenvalue weighted by molar-refractivity contribution is 5.77. The predicted molar refractivity (Wildman–Crippen MR) is 71.9 cm³/mol. The van der Waals surface area contributed by atoms with Gasteiger partial charge in [0, 0.05) is 13.0 Å². The van der Waals surface area contributed by atoms with Crippen LogP contribution in [-0.4, -0.2) is 19.1 Å². The van der Waals surface area contributed by atoms with Crippen molar-refractivity contribution in [1.29, 1.82) is 0 Å². The fraction of sp³-hybridized carbons (Fsp3) is 0.267. The van der Waals surface area contributed by atoms with Crippen LogP contribution in [0.25, 0.3) is 0 Å². The third-order valence-electron chi connectivity index (χ3n) is 2.70. The number of carbonyl (C=O) groups excluding carboxylic acids is 1. The molecular formula is C15H16FNO3. The first-order valence-corrected chi connectivity index (χ1v) is 6.42. The highest BCUT2D eigenvalue weighted by Crippen LogP contribution is 2.14. The zero-order chi connectivity index (χ0) is 14.2. The molecule has 0 spiro atoms. The second-order valence-electron chi connectivity index (χ2n) is 4.25. The summed E-state index contributed by atoms with van der Waals surface area (Å²) in [7, 11) is 0. The number of hydrogen-bond donors (Lipinski definition) is 1. The lowest BCUT2D eigenvalue weighted by Crippen LogP contribution is -2.30. The van der Waals surface area contributed by atoms with E-state index in [1.54, 1.807) is 18.4 Å². The second kappa shape index (κ2) is 7.33. The van der Waals surface area contributed by atoms with Gasteiger partial charge in [0.05, 0.1) is 6.26 Å². The molecule has 4 nitrogen and oxygen atoms in total. The standard InChI is InChI=1S/C15H16FNO3/c16-13-7-1-2-8-14(13)20-11-15(18)17-9-3-5-12-6-4-10-19-12/h1-2,4,6-8,10H,3,5,9,11H2,(H,17,18). The van der Waals surface area contributed by atoms with Crippen LogP contribution in [0.2, 0.25) is 0 Å². The Kier molecular flexibility index (Phi) is 5.17. The van der Waals surface area contributed by atoms with Gasteiger partial charge in [0.1, 0.15) is 5.76 Å². The average Bonchev–Trinajstić information content (AvgIpc) is 2.96. The van der Waals surface area contributed by atoms with Gasteiger partial charge in [-0.25, -0.2) is 4.39 Å². The summed E-state index contributed by atoms with van der Waals surface area (Å²) in [6.07, 6.45) is 3.16.